The number of aliphatic hydroxyl groups excluding tert-OH is 1. The standard InChI is InChI=1S/C10H10BrF2NO5S/c11-6-3-5(12)4-7(13)9(6)20(18,19)14-8(1-2-15)10(16)17/h3-4,8,14-15H,1-2H2,(H,16,17). The largest absolute Gasteiger partial charge is 0.480 e. The fraction of sp³-hybridized carbons (Fsp3) is 0.300. The van der Waals surface area contributed by atoms with Crippen LogP contribution in [-0.2, 0) is 14.8 Å². The molecule has 0 aliphatic rings. The number of halogens is 3. The van der Waals surface area contributed by atoms with Crippen molar-refractivity contribution in [1.82, 2.24) is 4.72 Å². The molecule has 6 nitrogen and oxygen atoms in total. The number of aliphatic carboxylic acids is 1. The molecule has 0 bridgehead atoms. The highest BCUT2D eigenvalue weighted by Crippen LogP contribution is 2.26. The third kappa shape index (κ3) is 3.95. The first-order chi connectivity index (χ1) is 9.19. The van der Waals surface area contributed by atoms with Crippen LogP contribution in [0, 0.1) is 11.6 Å². The molecule has 0 heterocycles. The lowest BCUT2D eigenvalue weighted by Crippen LogP contribution is -2.41. The quantitative estimate of drug-likeness (QED) is 0.685. The Kier molecular flexibility index (Phi) is 5.57. The molecule has 20 heavy (non-hydrogen) atoms. The molecule has 0 aliphatic carbocycles. The van der Waals surface area contributed by atoms with E-state index in [1.54, 1.807) is 4.72 Å². The molecule has 112 valence electrons. The lowest BCUT2D eigenvalue weighted by atomic mass is 10.2. The molecule has 0 aliphatic heterocycles. The van der Waals surface area contributed by atoms with Gasteiger partial charge in [-0.2, -0.15) is 4.72 Å². The molecule has 0 amide bonds. The number of hydrogen-bond acceptors (Lipinski definition) is 4. The molecule has 1 atom stereocenters. The summed E-state index contributed by atoms with van der Waals surface area (Å²) in [7, 11) is -4.54. The van der Waals surface area contributed by atoms with Gasteiger partial charge in [0.05, 0.1) is 0 Å². The molecule has 1 rings (SSSR count). The average Bonchev–Trinajstić information content (AvgIpc) is 2.25. The number of benzene rings is 1. The summed E-state index contributed by atoms with van der Waals surface area (Å²) in [5.74, 6) is -3.88. The van der Waals surface area contributed by atoms with Gasteiger partial charge in [-0.05, 0) is 28.4 Å². The van der Waals surface area contributed by atoms with Crippen LogP contribution in [-0.4, -0.2) is 37.2 Å². The Morgan fingerprint density at radius 3 is 2.45 bits per heavy atom. The highest BCUT2D eigenvalue weighted by atomic mass is 79.9. The number of carbonyl (C=O) groups is 1. The number of rotatable bonds is 6. The van der Waals surface area contributed by atoms with E-state index in [9.17, 15) is 22.0 Å². The normalized spacial score (nSPS) is 13.2. The Hall–Kier alpha value is -1.10. The minimum absolute atomic E-state index is 0.362. The van der Waals surface area contributed by atoms with Crippen LogP contribution in [0.4, 0.5) is 8.78 Å². The van der Waals surface area contributed by atoms with Crippen molar-refractivity contribution in [2.24, 2.45) is 0 Å². The summed E-state index contributed by atoms with van der Waals surface area (Å²) < 4.78 is 51.7. The van der Waals surface area contributed by atoms with Crippen LogP contribution < -0.4 is 4.72 Å². The molecule has 1 aromatic carbocycles. The summed E-state index contributed by atoms with van der Waals surface area (Å²) in [6, 6.07) is -0.526. The third-order valence-electron chi connectivity index (χ3n) is 2.25. The maximum atomic E-state index is 13.6. The molecule has 1 aromatic rings. The van der Waals surface area contributed by atoms with Crippen LogP contribution >= 0.6 is 15.9 Å². The zero-order chi connectivity index (χ0) is 15.5. The van der Waals surface area contributed by atoms with E-state index in [2.05, 4.69) is 15.9 Å². The first-order valence-corrected chi connectivity index (χ1v) is 7.47. The summed E-state index contributed by atoms with van der Waals surface area (Å²) in [6.07, 6.45) is -0.394. The van der Waals surface area contributed by atoms with Crippen LogP contribution in [0.1, 0.15) is 6.42 Å². The summed E-state index contributed by atoms with van der Waals surface area (Å²) in [5.41, 5.74) is 0. The number of sulfonamides is 1. The van der Waals surface area contributed by atoms with Gasteiger partial charge >= 0.3 is 5.97 Å². The first-order valence-electron chi connectivity index (χ1n) is 5.19. The van der Waals surface area contributed by atoms with Gasteiger partial charge in [0.1, 0.15) is 22.6 Å². The van der Waals surface area contributed by atoms with Crippen molar-refractivity contribution in [1.29, 1.82) is 0 Å². The van der Waals surface area contributed by atoms with E-state index in [-0.39, 0.29) is 4.47 Å². The van der Waals surface area contributed by atoms with Gasteiger partial charge in [-0.1, -0.05) is 0 Å². The third-order valence-corrected chi connectivity index (χ3v) is 4.68. The molecule has 0 fully saturated rings. The summed E-state index contributed by atoms with van der Waals surface area (Å²) in [5, 5.41) is 17.5. The van der Waals surface area contributed by atoms with Gasteiger partial charge in [0.2, 0.25) is 10.0 Å². The first kappa shape index (κ1) is 17.0. The fourth-order valence-corrected chi connectivity index (χ4v) is 3.78. The highest BCUT2D eigenvalue weighted by Gasteiger charge is 2.29. The van der Waals surface area contributed by atoms with E-state index in [0.29, 0.717) is 6.07 Å². The van der Waals surface area contributed by atoms with Crippen molar-refractivity contribution in [3.05, 3.63) is 28.2 Å². The van der Waals surface area contributed by atoms with Gasteiger partial charge in [-0.15, -0.1) is 0 Å². The second kappa shape index (κ2) is 6.57. The van der Waals surface area contributed by atoms with Crippen LogP contribution in [0.15, 0.2) is 21.5 Å². The maximum absolute atomic E-state index is 13.6. The van der Waals surface area contributed by atoms with Crippen molar-refractivity contribution in [3.63, 3.8) is 0 Å². The Morgan fingerprint density at radius 2 is 2.00 bits per heavy atom. The van der Waals surface area contributed by atoms with E-state index in [4.69, 9.17) is 10.2 Å². The topological polar surface area (TPSA) is 104 Å². The predicted molar refractivity (Wildman–Crippen MR) is 67.5 cm³/mol. The predicted octanol–water partition coefficient (Wildman–Crippen LogP) is 0.841. The van der Waals surface area contributed by atoms with Gasteiger partial charge in [0.25, 0.3) is 0 Å². The molecular weight excluding hydrogens is 364 g/mol. The molecule has 3 N–H and O–H groups in total. The van der Waals surface area contributed by atoms with Crippen LogP contribution in [0.25, 0.3) is 0 Å². The number of hydrogen-bond donors (Lipinski definition) is 3. The van der Waals surface area contributed by atoms with Gasteiger partial charge in [-0.3, -0.25) is 4.79 Å². The van der Waals surface area contributed by atoms with Crippen molar-refractivity contribution < 1.29 is 32.2 Å². The monoisotopic (exact) mass is 373 g/mol. The number of carboxylic acids is 1. The SMILES string of the molecule is O=C(O)C(CCO)NS(=O)(=O)c1c(F)cc(F)cc1Br. The fourth-order valence-electron chi connectivity index (χ4n) is 1.39. The van der Waals surface area contributed by atoms with Crippen LogP contribution in [0.2, 0.25) is 0 Å². The second-order valence-electron chi connectivity index (χ2n) is 3.72. The highest BCUT2D eigenvalue weighted by molar-refractivity contribution is 9.10. The van der Waals surface area contributed by atoms with E-state index in [1.807, 2.05) is 0 Å². The Labute approximate surface area is 121 Å². The number of carboxylic acid groups (broad SMARTS) is 1. The van der Waals surface area contributed by atoms with E-state index >= 15 is 0 Å². The van der Waals surface area contributed by atoms with Crippen molar-refractivity contribution in [2.75, 3.05) is 6.61 Å². The van der Waals surface area contributed by atoms with Crippen molar-refractivity contribution in [2.45, 2.75) is 17.4 Å². The zero-order valence-electron chi connectivity index (χ0n) is 9.81. The summed E-state index contributed by atoms with van der Waals surface area (Å²) in [4.78, 5) is 9.92. The zero-order valence-corrected chi connectivity index (χ0v) is 12.2. The molecule has 0 saturated carbocycles. The number of nitrogens with one attached hydrogen (secondary N) is 1. The minimum atomic E-state index is -4.54. The van der Waals surface area contributed by atoms with E-state index < -0.39 is 51.6 Å². The molecular formula is C10H10BrF2NO5S. The van der Waals surface area contributed by atoms with E-state index in [1.165, 1.54) is 0 Å². The Morgan fingerprint density at radius 1 is 1.40 bits per heavy atom. The lowest BCUT2D eigenvalue weighted by molar-refractivity contribution is -0.139. The smallest absolute Gasteiger partial charge is 0.321 e. The molecule has 0 radical (unpaired) electrons. The van der Waals surface area contributed by atoms with Crippen LogP contribution in [0.5, 0.6) is 0 Å². The Balaban J connectivity index is 3.20. The second-order valence-corrected chi connectivity index (χ2v) is 6.23. The lowest BCUT2D eigenvalue weighted by Gasteiger charge is -2.15. The average molecular weight is 374 g/mol. The van der Waals surface area contributed by atoms with Crippen LogP contribution in [0.3, 0.4) is 0 Å². The van der Waals surface area contributed by atoms with Gasteiger partial charge in [0, 0.05) is 17.1 Å². The van der Waals surface area contributed by atoms with Crippen molar-refractivity contribution in [3.8, 4) is 0 Å². The van der Waals surface area contributed by atoms with Gasteiger partial charge < -0.3 is 10.2 Å². The van der Waals surface area contributed by atoms with E-state index in [0.717, 1.165) is 6.07 Å². The number of aliphatic hydroxyl groups is 1. The molecule has 0 saturated heterocycles. The molecule has 1 unspecified atom stereocenters. The maximum Gasteiger partial charge on any atom is 0.321 e. The minimum Gasteiger partial charge on any atom is -0.480 e. The summed E-state index contributed by atoms with van der Waals surface area (Å²) >= 11 is 2.70. The molecule has 0 aromatic heterocycles. The summed E-state index contributed by atoms with van der Waals surface area (Å²) in [6.45, 7) is -0.577. The Bertz CT molecular complexity index is 599. The van der Waals surface area contributed by atoms with Gasteiger partial charge in [0.15, 0.2) is 0 Å². The molecule has 0 spiro atoms. The van der Waals surface area contributed by atoms with Gasteiger partial charge in [-0.25, -0.2) is 17.2 Å². The molecule has 10 heteroatoms. The van der Waals surface area contributed by atoms with Crippen molar-refractivity contribution >= 4 is 31.9 Å².